The summed E-state index contributed by atoms with van der Waals surface area (Å²) in [6, 6.07) is 0. The summed E-state index contributed by atoms with van der Waals surface area (Å²) in [5.74, 6) is 0.952. The summed E-state index contributed by atoms with van der Waals surface area (Å²) in [6.07, 6.45) is 17.1. The van der Waals surface area contributed by atoms with Crippen LogP contribution in [0.1, 0.15) is 77.6 Å². The molecule has 2 aliphatic rings. The zero-order valence-corrected chi connectivity index (χ0v) is 13.4. The lowest BCUT2D eigenvalue weighted by Crippen LogP contribution is -2.51. The van der Waals surface area contributed by atoms with Gasteiger partial charge in [0.15, 0.2) is 0 Å². The van der Waals surface area contributed by atoms with Crippen molar-refractivity contribution in [3.63, 3.8) is 0 Å². The first-order valence-corrected chi connectivity index (χ1v) is 8.91. The molecule has 116 valence electrons. The molecule has 2 nitrogen and oxygen atoms in total. The lowest BCUT2D eigenvalue weighted by atomic mass is 9.88. The highest BCUT2D eigenvalue weighted by Gasteiger charge is 2.31. The SMILES string of the molecule is CCCC1CCCC(CN)(NCCC2=CCCC2)CC1. The van der Waals surface area contributed by atoms with Crippen LogP contribution in [0.2, 0.25) is 0 Å². The molecular formula is C18H34N2. The van der Waals surface area contributed by atoms with Gasteiger partial charge >= 0.3 is 0 Å². The highest BCUT2D eigenvalue weighted by Crippen LogP contribution is 2.32. The van der Waals surface area contributed by atoms with Gasteiger partial charge in [-0.15, -0.1) is 0 Å². The van der Waals surface area contributed by atoms with E-state index in [4.69, 9.17) is 5.73 Å². The number of hydrogen-bond acceptors (Lipinski definition) is 2. The van der Waals surface area contributed by atoms with Crippen molar-refractivity contribution in [2.75, 3.05) is 13.1 Å². The van der Waals surface area contributed by atoms with Crippen molar-refractivity contribution in [3.8, 4) is 0 Å². The maximum absolute atomic E-state index is 6.14. The van der Waals surface area contributed by atoms with Crippen molar-refractivity contribution in [2.24, 2.45) is 11.7 Å². The van der Waals surface area contributed by atoms with E-state index >= 15 is 0 Å². The average molecular weight is 278 g/mol. The Morgan fingerprint density at radius 1 is 1.30 bits per heavy atom. The van der Waals surface area contributed by atoms with E-state index in [0.717, 1.165) is 19.0 Å². The first-order chi connectivity index (χ1) is 9.78. The maximum Gasteiger partial charge on any atom is 0.0304 e. The lowest BCUT2D eigenvalue weighted by Gasteiger charge is -2.33. The Morgan fingerprint density at radius 3 is 2.90 bits per heavy atom. The van der Waals surface area contributed by atoms with Gasteiger partial charge in [0.1, 0.15) is 0 Å². The standard InChI is InChI=1S/C18H34N2/c1-2-6-16-9-5-12-18(15-19,13-10-16)20-14-11-17-7-3-4-8-17/h7,16,20H,2-6,8-15,19H2,1H3. The number of nitrogens with two attached hydrogens (primary N) is 1. The van der Waals surface area contributed by atoms with Gasteiger partial charge in [-0.1, -0.05) is 44.3 Å². The second kappa shape index (κ2) is 8.19. The summed E-state index contributed by atoms with van der Waals surface area (Å²) >= 11 is 0. The molecule has 2 rings (SSSR count). The van der Waals surface area contributed by atoms with Crippen LogP contribution < -0.4 is 11.1 Å². The van der Waals surface area contributed by atoms with Gasteiger partial charge in [0.25, 0.3) is 0 Å². The molecule has 0 heterocycles. The molecule has 0 aromatic carbocycles. The van der Waals surface area contributed by atoms with Gasteiger partial charge in [0, 0.05) is 12.1 Å². The van der Waals surface area contributed by atoms with Crippen molar-refractivity contribution in [3.05, 3.63) is 11.6 Å². The van der Waals surface area contributed by atoms with Crippen LogP contribution in [0, 0.1) is 5.92 Å². The molecule has 3 N–H and O–H groups in total. The molecule has 0 aromatic heterocycles. The fourth-order valence-electron chi connectivity index (χ4n) is 4.08. The minimum atomic E-state index is 0.238. The van der Waals surface area contributed by atoms with Crippen LogP contribution >= 0.6 is 0 Å². The third-order valence-corrected chi connectivity index (χ3v) is 5.47. The van der Waals surface area contributed by atoms with Crippen molar-refractivity contribution in [1.29, 1.82) is 0 Å². The molecule has 1 fully saturated rings. The summed E-state index contributed by atoms with van der Waals surface area (Å²) < 4.78 is 0. The molecule has 0 radical (unpaired) electrons. The zero-order chi connectivity index (χ0) is 14.3. The number of allylic oxidation sites excluding steroid dienone is 1. The van der Waals surface area contributed by atoms with Gasteiger partial charge < -0.3 is 11.1 Å². The van der Waals surface area contributed by atoms with Crippen LogP contribution in [0.15, 0.2) is 11.6 Å². The van der Waals surface area contributed by atoms with Crippen molar-refractivity contribution in [2.45, 2.75) is 83.1 Å². The van der Waals surface area contributed by atoms with Gasteiger partial charge in [0.2, 0.25) is 0 Å². The molecule has 0 saturated heterocycles. The minimum absolute atomic E-state index is 0.238. The van der Waals surface area contributed by atoms with Gasteiger partial charge in [-0.3, -0.25) is 0 Å². The molecule has 20 heavy (non-hydrogen) atoms. The Bertz CT molecular complexity index is 311. The van der Waals surface area contributed by atoms with Gasteiger partial charge in [-0.05, 0) is 57.4 Å². The fourth-order valence-corrected chi connectivity index (χ4v) is 4.08. The third-order valence-electron chi connectivity index (χ3n) is 5.47. The van der Waals surface area contributed by atoms with Crippen LogP contribution in [-0.2, 0) is 0 Å². The van der Waals surface area contributed by atoms with Crippen LogP contribution in [-0.4, -0.2) is 18.6 Å². The number of nitrogens with one attached hydrogen (secondary N) is 1. The molecule has 0 aromatic rings. The molecule has 0 bridgehead atoms. The van der Waals surface area contributed by atoms with Gasteiger partial charge in [-0.2, -0.15) is 0 Å². The van der Waals surface area contributed by atoms with E-state index in [9.17, 15) is 0 Å². The van der Waals surface area contributed by atoms with E-state index in [1.807, 2.05) is 0 Å². The third kappa shape index (κ3) is 4.60. The summed E-state index contributed by atoms with van der Waals surface area (Å²) in [6.45, 7) is 4.25. The second-order valence-corrected chi connectivity index (χ2v) is 7.00. The largest absolute Gasteiger partial charge is 0.329 e. The zero-order valence-electron chi connectivity index (χ0n) is 13.4. The van der Waals surface area contributed by atoms with Crippen LogP contribution in [0.4, 0.5) is 0 Å². The van der Waals surface area contributed by atoms with Crippen molar-refractivity contribution < 1.29 is 0 Å². The van der Waals surface area contributed by atoms with Crippen molar-refractivity contribution in [1.82, 2.24) is 5.32 Å². The first kappa shape index (κ1) is 16.0. The topological polar surface area (TPSA) is 38.0 Å². The summed E-state index contributed by atoms with van der Waals surface area (Å²) in [7, 11) is 0. The highest BCUT2D eigenvalue weighted by atomic mass is 15.0. The minimum Gasteiger partial charge on any atom is -0.329 e. The highest BCUT2D eigenvalue weighted by molar-refractivity contribution is 5.08. The van der Waals surface area contributed by atoms with E-state index in [0.29, 0.717) is 0 Å². The Morgan fingerprint density at radius 2 is 2.20 bits per heavy atom. The Balaban J connectivity index is 1.78. The Labute approximate surface area is 125 Å². The Kier molecular flexibility index (Phi) is 6.57. The molecule has 2 unspecified atom stereocenters. The smallest absolute Gasteiger partial charge is 0.0304 e. The van der Waals surface area contributed by atoms with Crippen LogP contribution in [0.3, 0.4) is 0 Å². The first-order valence-electron chi connectivity index (χ1n) is 8.91. The molecule has 2 heteroatoms. The number of rotatable bonds is 7. The van der Waals surface area contributed by atoms with Gasteiger partial charge in [-0.25, -0.2) is 0 Å². The summed E-state index contributed by atoms with van der Waals surface area (Å²) in [5.41, 5.74) is 8.05. The van der Waals surface area contributed by atoms with E-state index in [2.05, 4.69) is 18.3 Å². The monoisotopic (exact) mass is 278 g/mol. The van der Waals surface area contributed by atoms with E-state index in [1.54, 1.807) is 5.57 Å². The normalized spacial score (nSPS) is 31.1. The molecule has 0 spiro atoms. The van der Waals surface area contributed by atoms with Crippen molar-refractivity contribution >= 4 is 0 Å². The maximum atomic E-state index is 6.14. The predicted molar refractivity (Wildman–Crippen MR) is 87.8 cm³/mol. The average Bonchev–Trinajstić information content (AvgIpc) is 2.89. The number of hydrogen-bond donors (Lipinski definition) is 2. The summed E-state index contributed by atoms with van der Waals surface area (Å²) in [4.78, 5) is 0. The van der Waals surface area contributed by atoms with Gasteiger partial charge in [0.05, 0.1) is 0 Å². The second-order valence-electron chi connectivity index (χ2n) is 7.00. The molecule has 2 atom stereocenters. The van der Waals surface area contributed by atoms with Crippen LogP contribution in [0.5, 0.6) is 0 Å². The molecule has 0 aliphatic heterocycles. The predicted octanol–water partition coefficient (Wildman–Crippen LogP) is 4.15. The molecular weight excluding hydrogens is 244 g/mol. The Hall–Kier alpha value is -0.340. The molecule has 0 amide bonds. The molecule has 1 saturated carbocycles. The molecule has 2 aliphatic carbocycles. The quantitative estimate of drug-likeness (QED) is 0.542. The van der Waals surface area contributed by atoms with E-state index in [1.165, 1.54) is 70.6 Å². The van der Waals surface area contributed by atoms with Crippen LogP contribution in [0.25, 0.3) is 0 Å². The van der Waals surface area contributed by atoms with E-state index < -0.39 is 0 Å². The fraction of sp³-hybridized carbons (Fsp3) is 0.889. The van der Waals surface area contributed by atoms with E-state index in [-0.39, 0.29) is 5.54 Å². The lowest BCUT2D eigenvalue weighted by molar-refractivity contribution is 0.288. The summed E-state index contributed by atoms with van der Waals surface area (Å²) in [5, 5.41) is 3.85.